The molecule has 0 saturated heterocycles. The van der Waals surface area contributed by atoms with Crippen molar-refractivity contribution in [3.8, 4) is 0 Å². The molecule has 1 saturated carbocycles. The minimum Gasteiger partial charge on any atom is -0.409 e. The molecule has 1 aromatic heterocycles. The summed E-state index contributed by atoms with van der Waals surface area (Å²) in [6, 6.07) is 3.31. The Hall–Kier alpha value is -0.133. The van der Waals surface area contributed by atoms with Gasteiger partial charge in [-0.2, -0.15) is 0 Å². The first-order valence-electron chi connectivity index (χ1n) is 10.8. The molecule has 2 rings (SSSR count). The molecule has 0 aromatic carbocycles. The molecular weight excluding hydrogens is 407 g/mol. The molecule has 1 aromatic rings. The van der Waals surface area contributed by atoms with Gasteiger partial charge < -0.3 is 9.74 Å². The van der Waals surface area contributed by atoms with E-state index in [0.717, 1.165) is 48.6 Å². The number of pyridine rings is 1. The van der Waals surface area contributed by atoms with Crippen molar-refractivity contribution in [2.75, 3.05) is 13.1 Å². The second-order valence-electron chi connectivity index (χ2n) is 9.43. The van der Waals surface area contributed by atoms with E-state index in [-0.39, 0.29) is 6.10 Å². The lowest BCUT2D eigenvalue weighted by Gasteiger charge is -2.44. The van der Waals surface area contributed by atoms with Crippen molar-refractivity contribution in [1.29, 1.82) is 0 Å². The predicted molar refractivity (Wildman–Crippen MR) is 124 cm³/mol. The second kappa shape index (κ2) is 10.3. The monoisotopic (exact) mass is 444 g/mol. The van der Waals surface area contributed by atoms with Gasteiger partial charge in [0.1, 0.15) is 0 Å². The minimum atomic E-state index is -1.79. The Bertz CT molecular complexity index is 597. The number of rotatable bonds is 10. The Balaban J connectivity index is 2.05. The lowest BCUT2D eigenvalue weighted by molar-refractivity contribution is 0.0731. The fourth-order valence-electron chi connectivity index (χ4n) is 4.26. The average Bonchev–Trinajstić information content (AvgIpc) is 2.59. The first-order valence-corrected chi connectivity index (χ1v) is 14.1. The van der Waals surface area contributed by atoms with E-state index in [0.29, 0.717) is 15.5 Å². The molecule has 160 valence electrons. The molecule has 1 aliphatic carbocycles. The van der Waals surface area contributed by atoms with Crippen LogP contribution in [0.1, 0.15) is 66.1 Å². The van der Waals surface area contributed by atoms with Crippen LogP contribution in [0.4, 0.5) is 0 Å². The molecule has 1 heterocycles. The number of nitrogens with zero attached hydrogens (tertiary/aromatic N) is 1. The molecule has 3 nitrogen and oxygen atoms in total. The van der Waals surface area contributed by atoms with Crippen LogP contribution in [0, 0.1) is 17.3 Å². The number of hydrogen-bond acceptors (Lipinski definition) is 3. The summed E-state index contributed by atoms with van der Waals surface area (Å²) in [5.41, 5.74) is 1.31. The predicted octanol–water partition coefficient (Wildman–Crippen LogP) is 7.11. The zero-order valence-electron chi connectivity index (χ0n) is 18.4. The molecular formula is C22H38Cl2N2OSi. The summed E-state index contributed by atoms with van der Waals surface area (Å²) in [6.45, 7) is 15.6. The zero-order chi connectivity index (χ0) is 20.9. The normalized spacial score (nSPS) is 21.4. The maximum absolute atomic E-state index is 6.82. The summed E-state index contributed by atoms with van der Waals surface area (Å²) >= 11 is 13.0. The summed E-state index contributed by atoms with van der Waals surface area (Å²) in [4.78, 5) is 4.12. The third-order valence-corrected chi connectivity index (χ3v) is 12.0. The molecule has 0 aliphatic heterocycles. The Morgan fingerprint density at radius 1 is 1.11 bits per heavy atom. The third-order valence-electron chi connectivity index (χ3n) is 6.76. The minimum absolute atomic E-state index is 0.118. The molecule has 0 spiro atoms. The van der Waals surface area contributed by atoms with E-state index in [2.05, 4.69) is 51.8 Å². The highest BCUT2D eigenvalue weighted by Gasteiger charge is 2.37. The van der Waals surface area contributed by atoms with Gasteiger partial charge in [-0.25, -0.2) is 0 Å². The fraction of sp³-hybridized carbons (Fsp3) is 0.773. The quantitative estimate of drug-likeness (QED) is 0.390. The summed E-state index contributed by atoms with van der Waals surface area (Å²) in [5, 5.41) is 4.86. The van der Waals surface area contributed by atoms with Gasteiger partial charge in [0.25, 0.3) is 0 Å². The van der Waals surface area contributed by atoms with Crippen molar-refractivity contribution >= 4 is 31.5 Å². The van der Waals surface area contributed by atoms with Crippen LogP contribution in [0.25, 0.3) is 0 Å². The van der Waals surface area contributed by atoms with E-state index in [1.54, 1.807) is 12.4 Å². The molecule has 0 bridgehead atoms. The average molecular weight is 446 g/mol. The Morgan fingerprint density at radius 3 is 2.11 bits per heavy atom. The lowest BCUT2D eigenvalue weighted by atomic mass is 9.63. The SMILES string of the molecule is CC[Si](CC)(CC)OC(CNC[C@H]1C[C@H](C(C)(C)C)C1)c1c(Cl)cncc1Cl. The summed E-state index contributed by atoms with van der Waals surface area (Å²) in [6.07, 6.45) is 5.86. The highest BCUT2D eigenvalue weighted by molar-refractivity contribution is 6.73. The smallest absolute Gasteiger partial charge is 0.192 e. The Kier molecular flexibility index (Phi) is 8.84. The van der Waals surface area contributed by atoms with Crippen molar-refractivity contribution < 1.29 is 4.43 Å². The second-order valence-corrected chi connectivity index (χ2v) is 15.0. The molecule has 1 atom stereocenters. The fourth-order valence-corrected chi connectivity index (χ4v) is 7.67. The maximum atomic E-state index is 6.82. The van der Waals surface area contributed by atoms with Crippen LogP contribution in [0.15, 0.2) is 12.4 Å². The molecule has 1 N–H and O–H groups in total. The van der Waals surface area contributed by atoms with Crippen LogP contribution in [0.5, 0.6) is 0 Å². The van der Waals surface area contributed by atoms with Gasteiger partial charge in [0.05, 0.1) is 16.1 Å². The molecule has 0 amide bonds. The van der Waals surface area contributed by atoms with E-state index in [4.69, 9.17) is 27.6 Å². The summed E-state index contributed by atoms with van der Waals surface area (Å²) in [5.74, 6) is 1.61. The third kappa shape index (κ3) is 5.95. The number of hydrogen-bond donors (Lipinski definition) is 1. The van der Waals surface area contributed by atoms with Gasteiger partial charge in [-0.05, 0) is 54.8 Å². The van der Waals surface area contributed by atoms with Gasteiger partial charge in [0.15, 0.2) is 8.32 Å². The zero-order valence-corrected chi connectivity index (χ0v) is 21.0. The topological polar surface area (TPSA) is 34.1 Å². The van der Waals surface area contributed by atoms with Gasteiger partial charge in [-0.1, -0.05) is 64.7 Å². The number of aromatic nitrogens is 1. The van der Waals surface area contributed by atoms with Crippen LogP contribution in [0.2, 0.25) is 28.2 Å². The Labute approximate surface area is 183 Å². The van der Waals surface area contributed by atoms with E-state index in [1.807, 2.05) is 0 Å². The molecule has 0 radical (unpaired) electrons. The van der Waals surface area contributed by atoms with Crippen LogP contribution in [0.3, 0.4) is 0 Å². The van der Waals surface area contributed by atoms with Gasteiger partial charge in [0, 0.05) is 24.5 Å². The van der Waals surface area contributed by atoms with E-state index in [1.165, 1.54) is 12.8 Å². The number of halogens is 2. The van der Waals surface area contributed by atoms with Gasteiger partial charge >= 0.3 is 0 Å². The van der Waals surface area contributed by atoms with E-state index < -0.39 is 8.32 Å². The molecule has 1 unspecified atom stereocenters. The van der Waals surface area contributed by atoms with Gasteiger partial charge in [-0.3, -0.25) is 4.98 Å². The van der Waals surface area contributed by atoms with Gasteiger partial charge in [0.2, 0.25) is 0 Å². The molecule has 1 fully saturated rings. The maximum Gasteiger partial charge on any atom is 0.192 e. The summed E-state index contributed by atoms with van der Waals surface area (Å²) < 4.78 is 6.82. The highest BCUT2D eigenvalue weighted by atomic mass is 35.5. The van der Waals surface area contributed by atoms with Crippen LogP contribution < -0.4 is 5.32 Å². The summed E-state index contributed by atoms with van der Waals surface area (Å²) in [7, 11) is -1.79. The van der Waals surface area contributed by atoms with Crippen molar-refractivity contribution in [2.24, 2.45) is 17.3 Å². The van der Waals surface area contributed by atoms with E-state index in [9.17, 15) is 0 Å². The first kappa shape index (κ1) is 24.1. The number of nitrogens with one attached hydrogen (secondary N) is 1. The van der Waals surface area contributed by atoms with Crippen molar-refractivity contribution in [2.45, 2.75) is 78.6 Å². The Morgan fingerprint density at radius 2 is 1.64 bits per heavy atom. The largest absolute Gasteiger partial charge is 0.409 e. The lowest BCUT2D eigenvalue weighted by Crippen LogP contribution is -2.42. The van der Waals surface area contributed by atoms with Gasteiger partial charge in [-0.15, -0.1) is 0 Å². The van der Waals surface area contributed by atoms with Crippen molar-refractivity contribution in [3.63, 3.8) is 0 Å². The highest BCUT2D eigenvalue weighted by Crippen LogP contribution is 2.45. The molecule has 1 aliphatic rings. The molecule has 28 heavy (non-hydrogen) atoms. The molecule has 6 heteroatoms. The van der Waals surface area contributed by atoms with Crippen molar-refractivity contribution in [1.82, 2.24) is 10.3 Å². The van der Waals surface area contributed by atoms with E-state index >= 15 is 0 Å². The standard InChI is InChI=1S/C22H38Cl2N2OSi/c1-7-28(8-2,9-3)27-20(21-18(23)13-26-14-19(21)24)15-25-12-16-10-17(11-16)22(4,5)6/h13-14,16-17,20,25H,7-12,15H2,1-6H3/t16-,17-,20?. The van der Waals surface area contributed by atoms with Crippen LogP contribution in [-0.4, -0.2) is 26.4 Å². The first-order chi connectivity index (χ1) is 13.2. The van der Waals surface area contributed by atoms with Crippen LogP contribution >= 0.6 is 23.2 Å². The van der Waals surface area contributed by atoms with Crippen LogP contribution in [-0.2, 0) is 4.43 Å². The van der Waals surface area contributed by atoms with Crippen molar-refractivity contribution in [3.05, 3.63) is 28.0 Å².